The fraction of sp³-hybridized carbons (Fsp3) is 0.111. The number of aromatic nitrogens is 1. The number of hydrogen-bond acceptors (Lipinski definition) is 5. The highest BCUT2D eigenvalue weighted by molar-refractivity contribution is 7.13. The minimum absolute atomic E-state index is 0.0862. The van der Waals surface area contributed by atoms with E-state index < -0.39 is 6.36 Å². The minimum atomic E-state index is -4.77. The number of halogens is 4. The molecule has 4 nitrogen and oxygen atoms in total. The lowest BCUT2D eigenvalue weighted by Crippen LogP contribution is -2.18. The molecule has 2 aromatic carbocycles. The van der Waals surface area contributed by atoms with Gasteiger partial charge in [0.15, 0.2) is 6.61 Å². The molecule has 27 heavy (non-hydrogen) atoms. The Morgan fingerprint density at radius 3 is 2.59 bits per heavy atom. The van der Waals surface area contributed by atoms with Gasteiger partial charge in [0.1, 0.15) is 10.8 Å². The third kappa shape index (κ3) is 5.70. The number of benzene rings is 2. The van der Waals surface area contributed by atoms with Gasteiger partial charge in [-0.25, -0.2) is 4.98 Å². The molecule has 0 N–H and O–H groups in total. The smallest absolute Gasteiger partial charge is 0.405 e. The Kier molecular flexibility index (Phi) is 5.98. The second-order valence-corrected chi connectivity index (χ2v) is 6.54. The molecule has 0 saturated heterocycles. The normalized spacial score (nSPS) is 11.7. The lowest BCUT2D eigenvalue weighted by molar-refractivity contribution is -0.274. The number of oxime groups is 1. The van der Waals surface area contributed by atoms with Crippen LogP contribution in [0.4, 0.5) is 13.2 Å². The molecule has 0 atom stereocenters. The number of para-hydroxylation sites is 1. The second-order valence-electron chi connectivity index (χ2n) is 5.24. The van der Waals surface area contributed by atoms with Crippen LogP contribution in [-0.2, 0) is 11.4 Å². The summed E-state index contributed by atoms with van der Waals surface area (Å²) in [5.74, 6) is -0.351. The van der Waals surface area contributed by atoms with Crippen LogP contribution in [-0.4, -0.2) is 17.6 Å². The van der Waals surface area contributed by atoms with Gasteiger partial charge in [-0.05, 0) is 24.3 Å². The summed E-state index contributed by atoms with van der Waals surface area (Å²) in [5, 5.41) is 6.96. The maximum atomic E-state index is 12.4. The molecule has 9 heteroatoms. The standard InChI is InChI=1S/C18H12ClF3N2O2S/c19-14-7-5-12(6-8-14)17-24-15(11-27-17)10-25-23-9-13-3-1-2-4-16(13)26-18(20,21)22/h1-9,11H,10H2/b23-9-. The number of nitrogens with zero attached hydrogens (tertiary/aromatic N) is 2. The summed E-state index contributed by atoms with van der Waals surface area (Å²) >= 11 is 7.30. The molecule has 0 aliphatic rings. The van der Waals surface area contributed by atoms with E-state index in [0.717, 1.165) is 16.8 Å². The van der Waals surface area contributed by atoms with Gasteiger partial charge in [0.25, 0.3) is 0 Å². The Bertz CT molecular complexity index is 927. The van der Waals surface area contributed by atoms with Gasteiger partial charge >= 0.3 is 6.36 Å². The zero-order valence-electron chi connectivity index (χ0n) is 13.6. The molecule has 0 aliphatic heterocycles. The van der Waals surface area contributed by atoms with E-state index in [9.17, 15) is 13.2 Å². The highest BCUT2D eigenvalue weighted by Gasteiger charge is 2.31. The zero-order valence-corrected chi connectivity index (χ0v) is 15.2. The zero-order chi connectivity index (χ0) is 19.3. The SMILES string of the molecule is FC(F)(F)Oc1ccccc1/C=N\OCc1csc(-c2ccc(Cl)cc2)n1. The van der Waals surface area contributed by atoms with Crippen molar-refractivity contribution in [1.82, 2.24) is 4.98 Å². The number of thiazole rings is 1. The monoisotopic (exact) mass is 412 g/mol. The first-order valence-corrected chi connectivity index (χ1v) is 8.87. The van der Waals surface area contributed by atoms with Gasteiger partial charge in [-0.3, -0.25) is 0 Å². The van der Waals surface area contributed by atoms with E-state index in [1.807, 2.05) is 17.5 Å². The first-order valence-electron chi connectivity index (χ1n) is 7.61. The van der Waals surface area contributed by atoms with Crippen LogP contribution >= 0.6 is 22.9 Å². The molecule has 1 aromatic heterocycles. The van der Waals surface area contributed by atoms with E-state index >= 15 is 0 Å². The summed E-state index contributed by atoms with van der Waals surface area (Å²) in [4.78, 5) is 9.56. The van der Waals surface area contributed by atoms with Crippen molar-refractivity contribution in [1.29, 1.82) is 0 Å². The van der Waals surface area contributed by atoms with E-state index in [1.165, 1.54) is 29.5 Å². The van der Waals surface area contributed by atoms with Crippen LogP contribution in [0.1, 0.15) is 11.3 Å². The molecule has 0 spiro atoms. The lowest BCUT2D eigenvalue weighted by Gasteiger charge is -2.10. The van der Waals surface area contributed by atoms with E-state index in [4.69, 9.17) is 16.4 Å². The van der Waals surface area contributed by atoms with Gasteiger partial charge in [0, 0.05) is 21.5 Å². The Balaban J connectivity index is 1.60. The number of rotatable bonds is 6. The maximum absolute atomic E-state index is 12.4. The fourth-order valence-corrected chi connectivity index (χ4v) is 3.04. The summed E-state index contributed by atoms with van der Waals surface area (Å²) in [5.41, 5.74) is 1.73. The van der Waals surface area contributed by atoms with Gasteiger partial charge < -0.3 is 9.57 Å². The van der Waals surface area contributed by atoms with Gasteiger partial charge in [-0.2, -0.15) is 0 Å². The number of hydrogen-bond donors (Lipinski definition) is 0. The van der Waals surface area contributed by atoms with Crippen molar-refractivity contribution in [3.8, 4) is 16.3 Å². The van der Waals surface area contributed by atoms with Crippen molar-refractivity contribution in [2.45, 2.75) is 13.0 Å². The van der Waals surface area contributed by atoms with Crippen molar-refractivity contribution >= 4 is 29.2 Å². The van der Waals surface area contributed by atoms with E-state index in [2.05, 4.69) is 14.9 Å². The lowest BCUT2D eigenvalue weighted by atomic mass is 10.2. The molecular weight excluding hydrogens is 401 g/mol. The average Bonchev–Trinajstić information content (AvgIpc) is 3.08. The Labute approximate surface area is 161 Å². The summed E-state index contributed by atoms with van der Waals surface area (Å²) in [6, 6.07) is 12.9. The van der Waals surface area contributed by atoms with Crippen molar-refractivity contribution in [2.24, 2.45) is 5.16 Å². The first kappa shape index (κ1) is 19.2. The van der Waals surface area contributed by atoms with E-state index in [-0.39, 0.29) is 17.9 Å². The highest BCUT2D eigenvalue weighted by Crippen LogP contribution is 2.26. The minimum Gasteiger partial charge on any atom is -0.405 e. The van der Waals surface area contributed by atoms with Gasteiger partial charge in [0.05, 0.1) is 11.9 Å². The highest BCUT2D eigenvalue weighted by atomic mass is 35.5. The number of ether oxygens (including phenoxy) is 1. The van der Waals surface area contributed by atoms with E-state index in [1.54, 1.807) is 18.2 Å². The van der Waals surface area contributed by atoms with Crippen molar-refractivity contribution in [3.05, 3.63) is 70.2 Å². The van der Waals surface area contributed by atoms with E-state index in [0.29, 0.717) is 10.7 Å². The van der Waals surface area contributed by atoms with Crippen LogP contribution in [0.2, 0.25) is 5.02 Å². The molecule has 1 heterocycles. The Hall–Kier alpha value is -2.58. The third-order valence-electron chi connectivity index (χ3n) is 3.27. The van der Waals surface area contributed by atoms with Crippen molar-refractivity contribution in [3.63, 3.8) is 0 Å². The predicted molar refractivity (Wildman–Crippen MR) is 98.1 cm³/mol. The Morgan fingerprint density at radius 1 is 1.11 bits per heavy atom. The summed E-state index contributed by atoms with van der Waals surface area (Å²) in [6.45, 7) is 0.0862. The van der Waals surface area contributed by atoms with Gasteiger partial charge in [-0.1, -0.05) is 41.0 Å². The van der Waals surface area contributed by atoms with Crippen LogP contribution in [0.15, 0.2) is 59.1 Å². The molecule has 3 rings (SSSR count). The fourth-order valence-electron chi connectivity index (χ4n) is 2.10. The molecule has 0 unspecified atom stereocenters. The molecular formula is C18H12ClF3N2O2S. The molecule has 0 fully saturated rings. The van der Waals surface area contributed by atoms with Crippen LogP contribution < -0.4 is 4.74 Å². The largest absolute Gasteiger partial charge is 0.573 e. The Morgan fingerprint density at radius 2 is 1.85 bits per heavy atom. The van der Waals surface area contributed by atoms with Crippen LogP contribution in [0, 0.1) is 0 Å². The summed E-state index contributed by atoms with van der Waals surface area (Å²) in [7, 11) is 0. The summed E-state index contributed by atoms with van der Waals surface area (Å²) < 4.78 is 41.1. The van der Waals surface area contributed by atoms with Gasteiger partial charge in [0.2, 0.25) is 0 Å². The maximum Gasteiger partial charge on any atom is 0.573 e. The first-order chi connectivity index (χ1) is 12.9. The predicted octanol–water partition coefficient (Wildman–Crippen LogP) is 5.91. The quantitative estimate of drug-likeness (QED) is 0.373. The number of alkyl halides is 3. The average molecular weight is 413 g/mol. The molecule has 0 radical (unpaired) electrons. The molecule has 140 valence electrons. The van der Waals surface area contributed by atoms with Crippen molar-refractivity contribution in [2.75, 3.05) is 0 Å². The molecule has 0 saturated carbocycles. The molecule has 0 amide bonds. The molecule has 0 bridgehead atoms. The molecule has 3 aromatic rings. The molecule has 0 aliphatic carbocycles. The topological polar surface area (TPSA) is 43.7 Å². The third-order valence-corrected chi connectivity index (χ3v) is 4.46. The van der Waals surface area contributed by atoms with Crippen LogP contribution in [0.5, 0.6) is 5.75 Å². The second kappa shape index (κ2) is 8.41. The summed E-state index contributed by atoms with van der Waals surface area (Å²) in [6.07, 6.45) is -3.61. The van der Waals surface area contributed by atoms with Crippen LogP contribution in [0.3, 0.4) is 0 Å². The van der Waals surface area contributed by atoms with Crippen LogP contribution in [0.25, 0.3) is 10.6 Å². The van der Waals surface area contributed by atoms with Gasteiger partial charge in [-0.15, -0.1) is 24.5 Å². The van der Waals surface area contributed by atoms with Crippen molar-refractivity contribution < 1.29 is 22.7 Å².